The highest BCUT2D eigenvalue weighted by Crippen LogP contribution is 2.29. The molecule has 1 aliphatic heterocycles. The van der Waals surface area contributed by atoms with Gasteiger partial charge in [0, 0.05) is 0 Å². The Morgan fingerprint density at radius 1 is 1.29 bits per heavy atom. The van der Waals surface area contributed by atoms with Crippen LogP contribution in [0.2, 0.25) is 0 Å². The van der Waals surface area contributed by atoms with E-state index in [1.165, 1.54) is 13.2 Å². The van der Waals surface area contributed by atoms with Crippen LogP contribution in [0, 0.1) is 17.6 Å². The van der Waals surface area contributed by atoms with Crippen molar-refractivity contribution in [1.29, 1.82) is 0 Å². The number of benzene rings is 1. The lowest BCUT2D eigenvalue weighted by Gasteiger charge is -2.23. The Morgan fingerprint density at radius 3 is 2.65 bits per heavy atom. The number of piperidine rings is 1. The molecular weight excluding hydrogens is 224 g/mol. The lowest BCUT2D eigenvalue weighted by atomic mass is 9.90. The van der Waals surface area contributed by atoms with Gasteiger partial charge in [0.05, 0.1) is 7.11 Å². The summed E-state index contributed by atoms with van der Waals surface area (Å²) in [6.45, 7) is 1.99. The van der Waals surface area contributed by atoms with Crippen LogP contribution in [0.3, 0.4) is 0 Å². The number of nitrogens with one attached hydrogen (secondary N) is 1. The number of halogens is 2. The van der Waals surface area contributed by atoms with Crippen LogP contribution in [-0.4, -0.2) is 20.2 Å². The highest BCUT2D eigenvalue weighted by molar-refractivity contribution is 5.36. The monoisotopic (exact) mass is 241 g/mol. The minimum Gasteiger partial charge on any atom is -0.493 e. The molecule has 0 atom stereocenters. The van der Waals surface area contributed by atoms with Gasteiger partial charge in [-0.1, -0.05) is 6.07 Å². The zero-order chi connectivity index (χ0) is 12.3. The minimum absolute atomic E-state index is 0.0588. The predicted octanol–water partition coefficient (Wildman–Crippen LogP) is 2.52. The molecular formula is C13H17F2NO. The van der Waals surface area contributed by atoms with Crippen LogP contribution in [0.15, 0.2) is 12.1 Å². The van der Waals surface area contributed by atoms with E-state index in [0.29, 0.717) is 5.92 Å². The first-order valence-electron chi connectivity index (χ1n) is 5.94. The summed E-state index contributed by atoms with van der Waals surface area (Å²) in [6, 6.07) is 2.80. The van der Waals surface area contributed by atoms with Crippen LogP contribution in [-0.2, 0) is 6.42 Å². The molecule has 0 bridgehead atoms. The van der Waals surface area contributed by atoms with Gasteiger partial charge < -0.3 is 10.1 Å². The highest BCUT2D eigenvalue weighted by atomic mass is 19.2. The van der Waals surface area contributed by atoms with Gasteiger partial charge in [0.25, 0.3) is 0 Å². The Bertz CT molecular complexity index is 389. The molecule has 0 aromatic heterocycles. The van der Waals surface area contributed by atoms with E-state index in [4.69, 9.17) is 4.74 Å². The molecule has 0 saturated carbocycles. The average Bonchev–Trinajstić information content (AvgIpc) is 2.36. The second-order valence-corrected chi connectivity index (χ2v) is 4.45. The van der Waals surface area contributed by atoms with Crippen molar-refractivity contribution in [2.75, 3.05) is 20.2 Å². The van der Waals surface area contributed by atoms with Crippen molar-refractivity contribution in [2.24, 2.45) is 5.92 Å². The smallest absolute Gasteiger partial charge is 0.200 e. The Balaban J connectivity index is 2.17. The Labute approximate surface area is 100.0 Å². The lowest BCUT2D eigenvalue weighted by molar-refractivity contribution is 0.345. The predicted molar refractivity (Wildman–Crippen MR) is 62.2 cm³/mol. The molecule has 17 heavy (non-hydrogen) atoms. The number of rotatable bonds is 3. The molecule has 2 rings (SSSR count). The standard InChI is InChI=1S/C13H17F2NO/c1-17-13-10(2-3-11(14)12(13)15)8-9-4-6-16-7-5-9/h2-3,9,16H,4-8H2,1H3. The molecule has 1 aromatic carbocycles. The summed E-state index contributed by atoms with van der Waals surface area (Å²) >= 11 is 0. The molecule has 0 radical (unpaired) electrons. The van der Waals surface area contributed by atoms with Gasteiger partial charge in [-0.05, 0) is 49.9 Å². The van der Waals surface area contributed by atoms with E-state index in [1.54, 1.807) is 6.07 Å². The lowest BCUT2D eigenvalue weighted by Crippen LogP contribution is -2.28. The summed E-state index contributed by atoms with van der Waals surface area (Å²) in [5.41, 5.74) is 0.762. The molecule has 0 amide bonds. The molecule has 0 unspecified atom stereocenters. The van der Waals surface area contributed by atoms with E-state index < -0.39 is 11.6 Å². The zero-order valence-electron chi connectivity index (χ0n) is 9.93. The van der Waals surface area contributed by atoms with E-state index in [1.807, 2.05) is 0 Å². The van der Waals surface area contributed by atoms with E-state index >= 15 is 0 Å². The van der Waals surface area contributed by atoms with Crippen molar-refractivity contribution < 1.29 is 13.5 Å². The number of methoxy groups -OCH3 is 1. The van der Waals surface area contributed by atoms with E-state index in [9.17, 15) is 8.78 Å². The molecule has 1 aromatic rings. The third-order valence-electron chi connectivity index (χ3n) is 3.30. The third-order valence-corrected chi connectivity index (χ3v) is 3.30. The van der Waals surface area contributed by atoms with Gasteiger partial charge in [-0.2, -0.15) is 4.39 Å². The van der Waals surface area contributed by atoms with Gasteiger partial charge in [0.1, 0.15) is 0 Å². The van der Waals surface area contributed by atoms with Crippen LogP contribution in [0.4, 0.5) is 8.78 Å². The topological polar surface area (TPSA) is 21.3 Å². The van der Waals surface area contributed by atoms with E-state index in [2.05, 4.69) is 5.32 Å². The number of hydrogen-bond donors (Lipinski definition) is 1. The normalized spacial score (nSPS) is 17.1. The molecule has 1 aliphatic rings. The van der Waals surface area contributed by atoms with Crippen molar-refractivity contribution in [1.82, 2.24) is 5.32 Å². The largest absolute Gasteiger partial charge is 0.493 e. The van der Waals surface area contributed by atoms with Gasteiger partial charge in [-0.15, -0.1) is 0 Å². The first-order valence-corrected chi connectivity index (χ1v) is 5.94. The van der Waals surface area contributed by atoms with Crippen molar-refractivity contribution in [3.05, 3.63) is 29.3 Å². The summed E-state index contributed by atoms with van der Waals surface area (Å²) in [7, 11) is 1.38. The summed E-state index contributed by atoms with van der Waals surface area (Å²) in [5, 5.41) is 3.28. The van der Waals surface area contributed by atoms with Gasteiger partial charge >= 0.3 is 0 Å². The fourth-order valence-corrected chi connectivity index (χ4v) is 2.35. The van der Waals surface area contributed by atoms with E-state index in [0.717, 1.165) is 37.9 Å². The molecule has 0 aliphatic carbocycles. The van der Waals surface area contributed by atoms with Crippen LogP contribution in [0.5, 0.6) is 5.75 Å². The van der Waals surface area contributed by atoms with Crippen LogP contribution >= 0.6 is 0 Å². The molecule has 1 fully saturated rings. The second kappa shape index (κ2) is 5.45. The SMILES string of the molecule is COc1c(CC2CCNCC2)ccc(F)c1F. The molecule has 1 saturated heterocycles. The molecule has 1 N–H and O–H groups in total. The number of ether oxygens (including phenoxy) is 1. The summed E-state index contributed by atoms with van der Waals surface area (Å²) in [4.78, 5) is 0. The maximum absolute atomic E-state index is 13.5. The fourth-order valence-electron chi connectivity index (χ4n) is 2.35. The Hall–Kier alpha value is -1.16. The summed E-state index contributed by atoms with van der Waals surface area (Å²) in [5.74, 6) is -1.15. The third kappa shape index (κ3) is 2.75. The maximum Gasteiger partial charge on any atom is 0.200 e. The molecule has 4 heteroatoms. The van der Waals surface area contributed by atoms with Gasteiger partial charge in [-0.25, -0.2) is 4.39 Å². The van der Waals surface area contributed by atoms with Gasteiger partial charge in [0.15, 0.2) is 11.6 Å². The minimum atomic E-state index is -0.876. The zero-order valence-corrected chi connectivity index (χ0v) is 9.93. The number of hydrogen-bond acceptors (Lipinski definition) is 2. The van der Waals surface area contributed by atoms with Crippen molar-refractivity contribution in [2.45, 2.75) is 19.3 Å². The molecule has 2 nitrogen and oxygen atoms in total. The van der Waals surface area contributed by atoms with E-state index in [-0.39, 0.29) is 5.75 Å². The van der Waals surface area contributed by atoms with Crippen molar-refractivity contribution in [3.63, 3.8) is 0 Å². The first-order chi connectivity index (χ1) is 8.22. The first kappa shape index (κ1) is 12.3. The van der Waals surface area contributed by atoms with Crippen LogP contribution in [0.1, 0.15) is 18.4 Å². The van der Waals surface area contributed by atoms with Gasteiger partial charge in [-0.3, -0.25) is 0 Å². The molecule has 94 valence electrons. The quantitative estimate of drug-likeness (QED) is 0.878. The fraction of sp³-hybridized carbons (Fsp3) is 0.538. The Morgan fingerprint density at radius 2 is 2.00 bits per heavy atom. The van der Waals surface area contributed by atoms with Crippen molar-refractivity contribution in [3.8, 4) is 5.75 Å². The molecule has 1 heterocycles. The highest BCUT2D eigenvalue weighted by Gasteiger charge is 2.19. The Kier molecular flexibility index (Phi) is 3.94. The summed E-state index contributed by atoms with van der Waals surface area (Å²) < 4.78 is 31.5. The molecule has 0 spiro atoms. The van der Waals surface area contributed by atoms with Crippen LogP contribution in [0.25, 0.3) is 0 Å². The maximum atomic E-state index is 13.5. The van der Waals surface area contributed by atoms with Crippen LogP contribution < -0.4 is 10.1 Å². The van der Waals surface area contributed by atoms with Crippen molar-refractivity contribution >= 4 is 0 Å². The second-order valence-electron chi connectivity index (χ2n) is 4.45. The summed E-state index contributed by atoms with van der Waals surface area (Å²) in [6.07, 6.45) is 2.90. The average molecular weight is 241 g/mol. The van der Waals surface area contributed by atoms with Gasteiger partial charge in [0.2, 0.25) is 5.82 Å².